The van der Waals surface area contributed by atoms with E-state index in [4.69, 9.17) is 28.6 Å². The predicted molar refractivity (Wildman–Crippen MR) is 263 cm³/mol. The maximum atomic E-state index is 6.17. The van der Waals surface area contributed by atoms with Crippen molar-refractivity contribution < 1.29 is 28.6 Å². The fraction of sp³-hybridized carbons (Fsp3) is 0.741. The second-order valence-electron chi connectivity index (χ2n) is 17.3. The molecule has 8 nitrogen and oxygen atoms in total. The van der Waals surface area contributed by atoms with E-state index in [1.54, 1.807) is 26.6 Å². The van der Waals surface area contributed by atoms with E-state index in [0.717, 1.165) is 85.9 Å². The number of unbranched alkanes of at least 4 members (excludes halogenated alkanes) is 29. The van der Waals surface area contributed by atoms with Gasteiger partial charge >= 0.3 is 0 Å². The molecule has 0 aliphatic rings. The van der Waals surface area contributed by atoms with Crippen molar-refractivity contribution in [3.63, 3.8) is 0 Å². The average Bonchev–Trinajstić information content (AvgIpc) is 3.28. The zero-order chi connectivity index (χ0) is 44.2. The molecule has 0 amide bonds. The van der Waals surface area contributed by atoms with Gasteiger partial charge in [-0.25, -0.2) is 0 Å². The largest absolute Gasteiger partial charge is 0.493 e. The van der Waals surface area contributed by atoms with Gasteiger partial charge in [0.25, 0.3) is 0 Å². The van der Waals surface area contributed by atoms with Crippen LogP contribution in [-0.4, -0.2) is 53.1 Å². The van der Waals surface area contributed by atoms with Crippen LogP contribution in [0.1, 0.15) is 230 Å². The number of nitrogens with zero attached hydrogens (tertiary/aromatic N) is 2. The number of ether oxygens (including phenoxy) is 4. The summed E-state index contributed by atoms with van der Waals surface area (Å²) in [5.74, 6) is 3.27. The van der Waals surface area contributed by atoms with Gasteiger partial charge in [0.1, 0.15) is 37.2 Å². The molecule has 2 rings (SSSR count). The van der Waals surface area contributed by atoms with Crippen LogP contribution < -0.4 is 18.9 Å². The molecule has 0 fully saturated rings. The van der Waals surface area contributed by atoms with Crippen LogP contribution in [-0.2, 0) is 9.68 Å². The second-order valence-corrected chi connectivity index (χ2v) is 17.3. The van der Waals surface area contributed by atoms with E-state index < -0.39 is 0 Å². The van der Waals surface area contributed by atoms with Crippen LogP contribution in [0.25, 0.3) is 0 Å². The Kier molecular flexibility index (Phi) is 36.7. The first-order valence-electron chi connectivity index (χ1n) is 25.6. The van der Waals surface area contributed by atoms with Crippen LogP contribution in [0.5, 0.6) is 23.0 Å². The summed E-state index contributed by atoms with van der Waals surface area (Å²) in [7, 11) is 3.11. The molecule has 0 aliphatic heterocycles. The topological polar surface area (TPSA) is 80.1 Å². The summed E-state index contributed by atoms with van der Waals surface area (Å²) >= 11 is 0. The van der Waals surface area contributed by atoms with E-state index in [2.05, 4.69) is 24.2 Å². The Morgan fingerprint density at radius 1 is 0.306 bits per heavy atom. The minimum absolute atomic E-state index is 0.679. The van der Waals surface area contributed by atoms with Crippen molar-refractivity contribution in [2.45, 2.75) is 219 Å². The number of hydrogen-bond donors (Lipinski definition) is 0. The minimum Gasteiger partial charge on any atom is -0.493 e. The quantitative estimate of drug-likeness (QED) is 0.0375. The third kappa shape index (κ3) is 32.3. The molecule has 0 aromatic heterocycles. The first-order chi connectivity index (χ1) is 30.7. The minimum atomic E-state index is 0.679. The Morgan fingerprint density at radius 2 is 0.516 bits per heavy atom. The normalized spacial score (nSPS) is 11.5. The zero-order valence-electron chi connectivity index (χ0n) is 40.4. The van der Waals surface area contributed by atoms with Gasteiger partial charge in [-0.3, -0.25) is 0 Å². The molecule has 62 heavy (non-hydrogen) atoms. The van der Waals surface area contributed by atoms with Crippen molar-refractivity contribution in [2.24, 2.45) is 10.3 Å². The van der Waals surface area contributed by atoms with E-state index >= 15 is 0 Å². The number of oxime groups is 2. The lowest BCUT2D eigenvalue weighted by Crippen LogP contribution is -2.02. The molecule has 354 valence electrons. The van der Waals surface area contributed by atoms with Gasteiger partial charge in [-0.2, -0.15) is 0 Å². The highest BCUT2D eigenvalue weighted by molar-refractivity contribution is 5.81. The predicted octanol–water partition coefficient (Wildman–Crippen LogP) is 16.4. The summed E-state index contributed by atoms with van der Waals surface area (Å²) in [5, 5.41) is 7.92. The third-order valence-electron chi connectivity index (χ3n) is 11.5. The van der Waals surface area contributed by atoms with Gasteiger partial charge < -0.3 is 28.6 Å². The summed E-state index contributed by atoms with van der Waals surface area (Å²) in [5.41, 5.74) is 1.83. The van der Waals surface area contributed by atoms with Crippen molar-refractivity contribution in [3.8, 4) is 23.0 Å². The van der Waals surface area contributed by atoms with Gasteiger partial charge in [0.05, 0.1) is 38.9 Å². The van der Waals surface area contributed by atoms with Gasteiger partial charge in [0.15, 0.2) is 0 Å². The van der Waals surface area contributed by atoms with Crippen LogP contribution in [0.2, 0.25) is 0 Å². The van der Waals surface area contributed by atoms with E-state index in [9.17, 15) is 0 Å². The van der Waals surface area contributed by atoms with Crippen molar-refractivity contribution >= 4 is 12.4 Å². The third-order valence-corrected chi connectivity index (χ3v) is 11.5. The number of hydrogen-bond acceptors (Lipinski definition) is 8. The van der Waals surface area contributed by atoms with E-state index in [1.807, 2.05) is 36.4 Å². The van der Waals surface area contributed by atoms with Gasteiger partial charge in [0, 0.05) is 23.3 Å². The highest BCUT2D eigenvalue weighted by Crippen LogP contribution is 2.25. The Bertz CT molecular complexity index is 1250. The first-order valence-corrected chi connectivity index (χ1v) is 25.6. The van der Waals surface area contributed by atoms with Crippen LogP contribution in [0, 0.1) is 0 Å². The van der Waals surface area contributed by atoms with Crippen LogP contribution in [0.4, 0.5) is 0 Å². The molecule has 0 heterocycles. The lowest BCUT2D eigenvalue weighted by atomic mass is 10.0. The first kappa shape index (κ1) is 54.7. The standard InChI is InChI=1S/C54H92N2O6/c1-5-7-9-11-13-15-17-19-21-23-25-29-33-37-59-51-41-49(47-55-57-3)43-53(45-51)61-39-35-31-27-28-32-36-40-62-54-44-50(48-56-58-4)42-52(46-54)60-38-34-30-26-24-22-20-18-16-14-12-10-8-6-2/h41-48H,5-40H2,1-4H3. The smallest absolute Gasteiger partial charge is 0.123 e. The van der Waals surface area contributed by atoms with Gasteiger partial charge in [0.2, 0.25) is 0 Å². The summed E-state index contributed by atoms with van der Waals surface area (Å²) in [4.78, 5) is 9.85. The van der Waals surface area contributed by atoms with Gasteiger partial charge in [-0.05, 0) is 49.9 Å². The van der Waals surface area contributed by atoms with Crippen molar-refractivity contribution in [3.05, 3.63) is 47.5 Å². The van der Waals surface area contributed by atoms with Crippen molar-refractivity contribution in [1.29, 1.82) is 0 Å². The lowest BCUT2D eigenvalue weighted by molar-refractivity contribution is 0.215. The molecular weight excluding hydrogens is 773 g/mol. The summed E-state index contributed by atoms with van der Waals surface area (Å²) < 4.78 is 24.7. The van der Waals surface area contributed by atoms with Gasteiger partial charge in [-0.15, -0.1) is 0 Å². The Balaban J connectivity index is 1.57. The van der Waals surface area contributed by atoms with Crippen molar-refractivity contribution in [2.75, 3.05) is 40.6 Å². The molecule has 0 atom stereocenters. The molecule has 2 aromatic carbocycles. The number of rotatable bonds is 45. The Labute approximate surface area is 380 Å². The van der Waals surface area contributed by atoms with Crippen LogP contribution in [0.3, 0.4) is 0 Å². The maximum absolute atomic E-state index is 6.17. The molecule has 0 aliphatic carbocycles. The summed E-state index contributed by atoms with van der Waals surface area (Å²) in [6.45, 7) is 7.37. The summed E-state index contributed by atoms with van der Waals surface area (Å²) in [6.07, 6.45) is 45.0. The Morgan fingerprint density at radius 3 is 0.726 bits per heavy atom. The molecule has 0 spiro atoms. The van der Waals surface area contributed by atoms with E-state index in [0.29, 0.717) is 13.2 Å². The molecule has 0 bridgehead atoms. The van der Waals surface area contributed by atoms with Crippen LogP contribution in [0.15, 0.2) is 46.7 Å². The van der Waals surface area contributed by atoms with Gasteiger partial charge in [-0.1, -0.05) is 204 Å². The molecule has 0 radical (unpaired) electrons. The fourth-order valence-corrected chi connectivity index (χ4v) is 7.81. The molecular formula is C54H92N2O6. The molecule has 8 heteroatoms. The van der Waals surface area contributed by atoms with Crippen LogP contribution >= 0.6 is 0 Å². The van der Waals surface area contributed by atoms with E-state index in [1.165, 1.54) is 167 Å². The second kappa shape index (κ2) is 41.6. The molecule has 0 unspecified atom stereocenters. The van der Waals surface area contributed by atoms with Crippen molar-refractivity contribution in [1.82, 2.24) is 0 Å². The SMILES string of the molecule is CCCCCCCCCCCCCCCOc1cc(C=NOC)cc(OCCCCCCCCOc2cc(C=NOC)cc(OCCCCCCCCCCCCCCC)c2)c1. The molecule has 0 N–H and O–H groups in total. The highest BCUT2D eigenvalue weighted by Gasteiger charge is 2.06. The molecule has 0 saturated carbocycles. The lowest BCUT2D eigenvalue weighted by Gasteiger charge is -2.12. The Hall–Kier alpha value is -3.42. The number of benzene rings is 2. The summed E-state index contributed by atoms with van der Waals surface area (Å²) in [6, 6.07) is 12.0. The monoisotopic (exact) mass is 865 g/mol. The molecule has 0 saturated heterocycles. The maximum Gasteiger partial charge on any atom is 0.123 e. The van der Waals surface area contributed by atoms with E-state index in [-0.39, 0.29) is 0 Å². The molecule has 2 aromatic rings. The zero-order valence-corrected chi connectivity index (χ0v) is 40.4. The fourth-order valence-electron chi connectivity index (χ4n) is 7.81. The average molecular weight is 865 g/mol. The highest BCUT2D eigenvalue weighted by atomic mass is 16.6.